The first kappa shape index (κ1) is 12.5. The van der Waals surface area contributed by atoms with Gasteiger partial charge >= 0.3 is 0 Å². The minimum atomic E-state index is -0.258. The van der Waals surface area contributed by atoms with E-state index < -0.39 is 0 Å². The molecular weight excluding hydrogens is 218 g/mol. The summed E-state index contributed by atoms with van der Waals surface area (Å²) < 4.78 is 0. The van der Waals surface area contributed by atoms with Crippen molar-refractivity contribution in [3.05, 3.63) is 0 Å². The molecular formula is C12H21N3O2. The van der Waals surface area contributed by atoms with Gasteiger partial charge in [-0.3, -0.25) is 19.4 Å². The normalized spacial score (nSPS) is 34.8. The molecule has 0 aromatic heterocycles. The molecule has 1 aliphatic heterocycles. The molecule has 1 saturated carbocycles. The van der Waals surface area contributed by atoms with Crippen molar-refractivity contribution >= 4 is 11.8 Å². The maximum Gasteiger partial charge on any atom is 0.246 e. The summed E-state index contributed by atoms with van der Waals surface area (Å²) >= 11 is 0. The highest BCUT2D eigenvalue weighted by Crippen LogP contribution is 2.26. The van der Waals surface area contributed by atoms with E-state index in [0.717, 1.165) is 25.7 Å². The van der Waals surface area contributed by atoms with Crippen molar-refractivity contribution in [1.82, 2.24) is 9.80 Å². The monoisotopic (exact) mass is 239 g/mol. The largest absolute Gasteiger partial charge is 0.328 e. The number of rotatable bonds is 2. The molecule has 1 unspecified atom stereocenters. The Balaban J connectivity index is 1.98. The van der Waals surface area contributed by atoms with Gasteiger partial charge in [0.25, 0.3) is 0 Å². The molecule has 96 valence electrons. The molecule has 1 saturated heterocycles. The van der Waals surface area contributed by atoms with E-state index in [4.69, 9.17) is 5.73 Å². The van der Waals surface area contributed by atoms with Gasteiger partial charge in [0.1, 0.15) is 0 Å². The van der Waals surface area contributed by atoms with E-state index >= 15 is 0 Å². The fraction of sp³-hybridized carbons (Fsp3) is 0.833. The molecule has 0 radical (unpaired) electrons. The van der Waals surface area contributed by atoms with E-state index in [9.17, 15) is 9.59 Å². The van der Waals surface area contributed by atoms with Crippen molar-refractivity contribution in [2.75, 3.05) is 14.1 Å². The second kappa shape index (κ2) is 4.74. The first-order valence-corrected chi connectivity index (χ1v) is 6.28. The predicted molar refractivity (Wildman–Crippen MR) is 64.2 cm³/mol. The molecule has 0 bridgehead atoms. The Labute approximate surface area is 102 Å². The van der Waals surface area contributed by atoms with Gasteiger partial charge in [0, 0.05) is 19.1 Å². The zero-order valence-electron chi connectivity index (χ0n) is 10.6. The Morgan fingerprint density at radius 2 is 1.82 bits per heavy atom. The van der Waals surface area contributed by atoms with Gasteiger partial charge in [0.2, 0.25) is 11.8 Å². The molecule has 1 atom stereocenters. The Morgan fingerprint density at radius 3 is 2.29 bits per heavy atom. The fourth-order valence-corrected chi connectivity index (χ4v) is 2.82. The van der Waals surface area contributed by atoms with Crippen LogP contribution in [0.2, 0.25) is 0 Å². The topological polar surface area (TPSA) is 66.6 Å². The van der Waals surface area contributed by atoms with Gasteiger partial charge in [-0.2, -0.15) is 0 Å². The summed E-state index contributed by atoms with van der Waals surface area (Å²) in [5.41, 5.74) is 5.87. The number of carbonyl (C=O) groups is 2. The van der Waals surface area contributed by atoms with Crippen LogP contribution in [-0.2, 0) is 9.59 Å². The van der Waals surface area contributed by atoms with Crippen molar-refractivity contribution in [3.63, 3.8) is 0 Å². The number of imide groups is 1. The van der Waals surface area contributed by atoms with Crippen molar-refractivity contribution in [1.29, 1.82) is 0 Å². The van der Waals surface area contributed by atoms with Crippen LogP contribution in [0.25, 0.3) is 0 Å². The molecule has 2 aliphatic rings. The summed E-state index contributed by atoms with van der Waals surface area (Å²) in [6.07, 6.45) is 4.41. The van der Waals surface area contributed by atoms with E-state index in [1.165, 1.54) is 4.90 Å². The van der Waals surface area contributed by atoms with E-state index in [1.807, 2.05) is 7.05 Å². The maximum absolute atomic E-state index is 11.9. The second-order valence-corrected chi connectivity index (χ2v) is 5.24. The summed E-state index contributed by atoms with van der Waals surface area (Å²) in [4.78, 5) is 26.7. The van der Waals surface area contributed by atoms with E-state index in [2.05, 4.69) is 4.90 Å². The summed E-state index contributed by atoms with van der Waals surface area (Å²) in [6.45, 7) is 0. The summed E-state index contributed by atoms with van der Waals surface area (Å²) in [5.74, 6) is -0.133. The van der Waals surface area contributed by atoms with Gasteiger partial charge in [-0.1, -0.05) is 0 Å². The first-order chi connectivity index (χ1) is 8.00. The van der Waals surface area contributed by atoms with Crippen LogP contribution in [0.15, 0.2) is 0 Å². The van der Waals surface area contributed by atoms with Gasteiger partial charge in [0.05, 0.1) is 12.5 Å². The van der Waals surface area contributed by atoms with Gasteiger partial charge in [-0.25, -0.2) is 0 Å². The fourth-order valence-electron chi connectivity index (χ4n) is 2.82. The lowest BCUT2D eigenvalue weighted by molar-refractivity contribution is -0.138. The summed E-state index contributed by atoms with van der Waals surface area (Å²) in [5, 5.41) is 0. The highest BCUT2D eigenvalue weighted by Gasteiger charge is 2.40. The van der Waals surface area contributed by atoms with Crippen molar-refractivity contribution in [3.8, 4) is 0 Å². The highest BCUT2D eigenvalue weighted by atomic mass is 16.2. The average molecular weight is 239 g/mol. The maximum atomic E-state index is 11.9. The number of nitrogens with zero attached hydrogens (tertiary/aromatic N) is 2. The number of amides is 2. The molecule has 0 aromatic carbocycles. The lowest BCUT2D eigenvalue weighted by Gasteiger charge is -2.35. The zero-order valence-corrected chi connectivity index (χ0v) is 10.6. The number of hydrogen-bond acceptors (Lipinski definition) is 4. The van der Waals surface area contributed by atoms with Crippen LogP contribution in [0.4, 0.5) is 0 Å². The van der Waals surface area contributed by atoms with Crippen LogP contribution in [0.3, 0.4) is 0 Å². The average Bonchev–Trinajstić information content (AvgIpc) is 2.57. The number of nitrogens with two attached hydrogens (primary N) is 1. The zero-order chi connectivity index (χ0) is 12.6. The third kappa shape index (κ3) is 2.35. The minimum Gasteiger partial charge on any atom is -0.328 e. The van der Waals surface area contributed by atoms with Crippen LogP contribution in [0.5, 0.6) is 0 Å². The van der Waals surface area contributed by atoms with Crippen molar-refractivity contribution in [2.45, 2.75) is 50.2 Å². The molecule has 1 aliphatic carbocycles. The van der Waals surface area contributed by atoms with Gasteiger partial charge in [-0.05, 0) is 32.7 Å². The molecule has 5 heteroatoms. The number of likely N-dealkylation sites (N-methyl/N-ethyl adjacent to an activating group) is 2. The van der Waals surface area contributed by atoms with Gasteiger partial charge in [0.15, 0.2) is 0 Å². The van der Waals surface area contributed by atoms with Crippen molar-refractivity contribution < 1.29 is 9.59 Å². The SMILES string of the molecule is CN1C(=O)CC(N(C)C2CCC(N)CC2)C1=O. The van der Waals surface area contributed by atoms with E-state index in [1.54, 1.807) is 7.05 Å². The van der Waals surface area contributed by atoms with Crippen LogP contribution >= 0.6 is 0 Å². The molecule has 2 N–H and O–H groups in total. The molecule has 2 fully saturated rings. The molecule has 5 nitrogen and oxygen atoms in total. The van der Waals surface area contributed by atoms with Crippen LogP contribution in [0.1, 0.15) is 32.1 Å². The Hall–Kier alpha value is -0.940. The quantitative estimate of drug-likeness (QED) is 0.686. The number of carbonyl (C=O) groups excluding carboxylic acids is 2. The van der Waals surface area contributed by atoms with Crippen LogP contribution in [0, 0.1) is 0 Å². The Kier molecular flexibility index (Phi) is 3.49. The molecule has 0 aromatic rings. The smallest absolute Gasteiger partial charge is 0.246 e. The molecule has 0 spiro atoms. The van der Waals surface area contributed by atoms with Crippen LogP contribution in [-0.4, -0.2) is 53.8 Å². The Morgan fingerprint density at radius 1 is 1.24 bits per heavy atom. The second-order valence-electron chi connectivity index (χ2n) is 5.24. The molecule has 1 heterocycles. The Bertz CT molecular complexity index is 324. The molecule has 2 rings (SSSR count). The summed E-state index contributed by atoms with van der Waals surface area (Å²) in [7, 11) is 3.52. The van der Waals surface area contributed by atoms with Crippen LogP contribution < -0.4 is 5.73 Å². The predicted octanol–water partition coefficient (Wildman–Crippen LogP) is -0.0546. The van der Waals surface area contributed by atoms with Crippen molar-refractivity contribution in [2.24, 2.45) is 5.73 Å². The summed E-state index contributed by atoms with van der Waals surface area (Å²) in [6, 6.07) is 0.443. The van der Waals surface area contributed by atoms with Gasteiger partial charge < -0.3 is 5.73 Å². The first-order valence-electron chi connectivity index (χ1n) is 6.28. The highest BCUT2D eigenvalue weighted by molar-refractivity contribution is 6.05. The third-order valence-electron chi connectivity index (χ3n) is 4.17. The lowest BCUT2D eigenvalue weighted by Crippen LogP contribution is -2.47. The van der Waals surface area contributed by atoms with E-state index in [0.29, 0.717) is 18.5 Å². The molecule has 17 heavy (non-hydrogen) atoms. The standard InChI is InChI=1S/C12H21N3O2/c1-14(9-5-3-8(13)4-6-9)10-7-11(16)15(2)12(10)17/h8-10H,3-7,13H2,1-2H3. The molecule has 2 amide bonds. The number of hydrogen-bond donors (Lipinski definition) is 1. The third-order valence-corrected chi connectivity index (χ3v) is 4.17. The van der Waals surface area contributed by atoms with Gasteiger partial charge in [-0.15, -0.1) is 0 Å². The lowest BCUT2D eigenvalue weighted by atomic mass is 9.90. The van der Waals surface area contributed by atoms with E-state index in [-0.39, 0.29) is 17.9 Å². The number of likely N-dealkylation sites (tertiary alicyclic amines) is 1. The minimum absolute atomic E-state index is 0.0626.